The fraction of sp³-hybridized carbons (Fsp3) is 0.469. The summed E-state index contributed by atoms with van der Waals surface area (Å²) in [7, 11) is -4.92. The summed E-state index contributed by atoms with van der Waals surface area (Å²) in [6, 6.07) is 21.5. The van der Waals surface area contributed by atoms with Crippen LogP contribution in [0.5, 0.6) is 0 Å². The van der Waals surface area contributed by atoms with Gasteiger partial charge in [-0.05, 0) is 40.0 Å². The smallest absolute Gasteiger partial charge is 0.261 e. The van der Waals surface area contributed by atoms with Crippen molar-refractivity contribution in [1.82, 2.24) is 4.98 Å². The quantitative estimate of drug-likeness (QED) is 0.122. The zero-order valence-corrected chi connectivity index (χ0v) is 27.7. The Morgan fingerprint density at radius 3 is 1.85 bits per heavy atom. The molecule has 0 bridgehead atoms. The highest BCUT2D eigenvalue weighted by Crippen LogP contribution is 2.43. The first kappa shape index (κ1) is 31.6. The Morgan fingerprint density at radius 2 is 1.44 bits per heavy atom. The van der Waals surface area contributed by atoms with E-state index in [0.29, 0.717) is 18.7 Å². The molecule has 0 fully saturated rings. The fourth-order valence-corrected chi connectivity index (χ4v) is 11.0. The van der Waals surface area contributed by atoms with Crippen molar-refractivity contribution in [3.05, 3.63) is 91.2 Å². The molecule has 2 atom stereocenters. The van der Waals surface area contributed by atoms with Crippen molar-refractivity contribution >= 4 is 38.6 Å². The third-order valence-electron chi connectivity index (χ3n) is 7.92. The Bertz CT molecular complexity index is 1140. The van der Waals surface area contributed by atoms with Crippen LogP contribution >= 0.6 is 11.6 Å². The van der Waals surface area contributed by atoms with E-state index in [2.05, 4.69) is 122 Å². The molecule has 0 spiro atoms. The highest BCUT2D eigenvalue weighted by atomic mass is 35.5. The number of hydrogen-bond donors (Lipinski definition) is 0. The molecular weight excluding hydrogens is 538 g/mol. The van der Waals surface area contributed by atoms with E-state index >= 15 is 0 Å². The zero-order valence-electron chi connectivity index (χ0n) is 25.0. The highest BCUT2D eigenvalue weighted by molar-refractivity contribution is 6.99. The number of benzene rings is 2. The van der Waals surface area contributed by atoms with Gasteiger partial charge in [0.25, 0.3) is 8.32 Å². The van der Waals surface area contributed by atoms with Crippen LogP contribution in [0.1, 0.15) is 72.1 Å². The second-order valence-corrected chi connectivity index (χ2v) is 22.1. The topological polar surface area (TPSA) is 44.5 Å². The van der Waals surface area contributed by atoms with Gasteiger partial charge >= 0.3 is 0 Å². The molecule has 0 saturated carbocycles. The lowest BCUT2D eigenvalue weighted by atomic mass is 10.1. The molecule has 2 aromatic carbocycles. The van der Waals surface area contributed by atoms with E-state index in [1.54, 1.807) is 6.26 Å². The number of hydrogen-bond acceptors (Lipinski definition) is 4. The molecule has 7 heteroatoms. The summed E-state index contributed by atoms with van der Waals surface area (Å²) in [4.78, 5) is 4.70. The van der Waals surface area contributed by atoms with Crippen molar-refractivity contribution in [2.45, 2.75) is 95.6 Å². The van der Waals surface area contributed by atoms with Gasteiger partial charge < -0.3 is 13.3 Å². The maximum absolute atomic E-state index is 7.52. The predicted molar refractivity (Wildman–Crippen MR) is 169 cm³/mol. The van der Waals surface area contributed by atoms with Crippen LogP contribution < -0.4 is 10.4 Å². The minimum Gasteiger partial charge on any atom is -0.447 e. The van der Waals surface area contributed by atoms with Gasteiger partial charge in [0.15, 0.2) is 8.32 Å². The van der Waals surface area contributed by atoms with Crippen LogP contribution in [0.3, 0.4) is 0 Å². The van der Waals surface area contributed by atoms with Crippen LogP contribution in [0.2, 0.25) is 23.2 Å². The molecule has 3 rings (SSSR count). The zero-order chi connectivity index (χ0) is 28.9. The normalized spacial score (nSPS) is 14.7. The second kappa shape index (κ2) is 12.7. The summed E-state index contributed by atoms with van der Waals surface area (Å²) >= 11 is 6.06. The summed E-state index contributed by atoms with van der Waals surface area (Å²) in [5, 5.41) is 2.41. The Balaban J connectivity index is 2.12. The highest BCUT2D eigenvalue weighted by Gasteiger charge is 2.51. The van der Waals surface area contributed by atoms with Crippen LogP contribution in [0.15, 0.2) is 84.0 Å². The Morgan fingerprint density at radius 1 is 0.897 bits per heavy atom. The lowest BCUT2D eigenvalue weighted by Gasteiger charge is -2.46. The van der Waals surface area contributed by atoms with Gasteiger partial charge in [0.1, 0.15) is 12.0 Å². The van der Waals surface area contributed by atoms with Crippen molar-refractivity contribution in [3.8, 4) is 0 Å². The number of rotatable bonds is 12. The Hall–Kier alpha value is -1.97. The van der Waals surface area contributed by atoms with Crippen LogP contribution in [-0.4, -0.2) is 27.7 Å². The molecule has 4 nitrogen and oxygen atoms in total. The van der Waals surface area contributed by atoms with Gasteiger partial charge in [-0.2, -0.15) is 0 Å². The molecule has 0 saturated heterocycles. The summed E-state index contributed by atoms with van der Waals surface area (Å²) in [6.45, 7) is 22.3. The van der Waals surface area contributed by atoms with E-state index in [0.717, 1.165) is 5.69 Å². The van der Waals surface area contributed by atoms with E-state index in [4.69, 9.17) is 29.9 Å². The average Bonchev–Trinajstić information content (AvgIpc) is 3.36. The van der Waals surface area contributed by atoms with Crippen LogP contribution in [0.25, 0.3) is 0 Å². The van der Waals surface area contributed by atoms with Crippen molar-refractivity contribution in [1.29, 1.82) is 0 Å². The van der Waals surface area contributed by atoms with Gasteiger partial charge in [0.2, 0.25) is 5.89 Å². The second-order valence-electron chi connectivity index (χ2n) is 12.8. The van der Waals surface area contributed by atoms with Crippen molar-refractivity contribution in [3.63, 3.8) is 0 Å². The molecule has 0 amide bonds. The lowest BCUT2D eigenvalue weighted by molar-refractivity contribution is 0.0936. The molecule has 1 heterocycles. The van der Waals surface area contributed by atoms with Crippen molar-refractivity contribution in [2.75, 3.05) is 0 Å². The number of oxazole rings is 1. The fourth-order valence-electron chi connectivity index (χ4n) is 4.85. The molecule has 0 aliphatic heterocycles. The van der Waals surface area contributed by atoms with Crippen LogP contribution in [0, 0.1) is 0 Å². The predicted octanol–water partition coefficient (Wildman–Crippen LogP) is 8.39. The number of nitrogens with zero attached hydrogens (tertiary/aromatic N) is 1. The SMILES string of the molecule is C=CC[C@H](C[C@@H](O[Si](C)(C)C(C)(C)C)c1coc(CCl)n1)O[Si](c1ccccc1)(c1ccccc1)C(C)(C)C. The van der Waals surface area contributed by atoms with Crippen LogP contribution in [0.4, 0.5) is 0 Å². The Labute approximate surface area is 243 Å². The molecule has 0 aliphatic rings. The van der Waals surface area contributed by atoms with E-state index in [1.165, 1.54) is 10.4 Å². The molecule has 3 aromatic rings. The third-order valence-corrected chi connectivity index (χ3v) is 17.7. The van der Waals surface area contributed by atoms with E-state index in [1.807, 2.05) is 6.08 Å². The maximum atomic E-state index is 7.52. The molecule has 0 unspecified atom stereocenters. The van der Waals surface area contributed by atoms with Crippen molar-refractivity contribution in [2.24, 2.45) is 0 Å². The summed E-state index contributed by atoms with van der Waals surface area (Å²) < 4.78 is 20.2. The maximum Gasteiger partial charge on any atom is 0.261 e. The van der Waals surface area contributed by atoms with Gasteiger partial charge in [-0.25, -0.2) is 4.98 Å². The lowest BCUT2D eigenvalue weighted by Crippen LogP contribution is -2.67. The molecule has 0 radical (unpaired) electrons. The first-order valence-electron chi connectivity index (χ1n) is 13.8. The van der Waals surface area contributed by atoms with Gasteiger partial charge in [-0.1, -0.05) is 108 Å². The van der Waals surface area contributed by atoms with E-state index < -0.39 is 16.6 Å². The summed E-state index contributed by atoms with van der Waals surface area (Å²) in [6.07, 6.45) is 4.57. The van der Waals surface area contributed by atoms with Gasteiger partial charge in [0, 0.05) is 6.42 Å². The summed E-state index contributed by atoms with van der Waals surface area (Å²) in [5.74, 6) is 0.727. The molecular formula is C32H46ClNO3Si2. The van der Waals surface area contributed by atoms with E-state index in [9.17, 15) is 0 Å². The largest absolute Gasteiger partial charge is 0.447 e. The minimum absolute atomic E-state index is 0.0388. The van der Waals surface area contributed by atoms with Gasteiger partial charge in [-0.3, -0.25) is 0 Å². The van der Waals surface area contributed by atoms with E-state index in [-0.39, 0.29) is 28.2 Å². The van der Waals surface area contributed by atoms with Gasteiger partial charge in [0.05, 0.1) is 18.1 Å². The molecule has 212 valence electrons. The standard InChI is InChI=1S/C32H46ClNO3Si2/c1-10-17-25(22-29(28-24-35-30(23-33)34-28)37-38(8,9)31(2,3)4)36-39(32(5,6)7,26-18-13-11-14-19-26)27-20-15-12-16-21-27/h10-16,18-21,24-25,29H,1,17,22-23H2,2-9H3/t25-,29-/m1/s1. The van der Waals surface area contributed by atoms with Crippen molar-refractivity contribution < 1.29 is 13.3 Å². The van der Waals surface area contributed by atoms with Crippen LogP contribution in [-0.2, 0) is 14.7 Å². The first-order valence-corrected chi connectivity index (χ1v) is 19.2. The Kier molecular flexibility index (Phi) is 10.3. The average molecular weight is 584 g/mol. The molecule has 0 aliphatic carbocycles. The summed E-state index contributed by atoms with van der Waals surface area (Å²) in [5.41, 5.74) is 0.774. The monoisotopic (exact) mass is 583 g/mol. The molecule has 39 heavy (non-hydrogen) atoms. The number of aromatic nitrogens is 1. The number of alkyl halides is 1. The van der Waals surface area contributed by atoms with Gasteiger partial charge in [-0.15, -0.1) is 18.2 Å². The molecule has 1 aromatic heterocycles. The first-order chi connectivity index (χ1) is 18.2. The number of halogens is 1. The minimum atomic E-state index is -2.77. The third kappa shape index (κ3) is 7.22. The molecule has 0 N–H and O–H groups in total.